The number of hydrogen-bond donors (Lipinski definition) is 1. The lowest BCUT2D eigenvalue weighted by Crippen LogP contribution is -2.30. The second-order valence-corrected chi connectivity index (χ2v) is 3.96. The van der Waals surface area contributed by atoms with Crippen LogP contribution in [0.4, 0.5) is 0 Å². The lowest BCUT2D eigenvalue weighted by atomic mass is 10.0. The number of pyridine rings is 1. The van der Waals surface area contributed by atoms with Gasteiger partial charge in [-0.2, -0.15) is 0 Å². The Labute approximate surface area is 111 Å². The van der Waals surface area contributed by atoms with Crippen LogP contribution in [0.5, 0.6) is 0 Å². The third-order valence-electron chi connectivity index (χ3n) is 2.82. The number of carbonyl (C=O) groups excluding carboxylic acids is 1. The molecule has 19 heavy (non-hydrogen) atoms. The summed E-state index contributed by atoms with van der Waals surface area (Å²) in [5.41, 5.74) is 1.53. The number of terminal acetylenes is 1. The molecule has 0 aliphatic carbocycles. The molecule has 96 valence electrons. The molecule has 4 heteroatoms. The number of benzene rings is 1. The van der Waals surface area contributed by atoms with Crippen LogP contribution in [-0.4, -0.2) is 24.6 Å². The van der Waals surface area contributed by atoms with Crippen LogP contribution in [-0.2, 0) is 9.53 Å². The second-order valence-electron chi connectivity index (χ2n) is 3.96. The van der Waals surface area contributed by atoms with Gasteiger partial charge in [0, 0.05) is 17.1 Å². The molecule has 0 aliphatic heterocycles. The number of ether oxygens (including phenoxy) is 1. The monoisotopic (exact) mass is 254 g/mol. The number of fused-ring (bicyclic) bond motifs is 1. The van der Waals surface area contributed by atoms with E-state index in [1.54, 1.807) is 6.20 Å². The molecule has 1 aromatic heterocycles. The molecule has 0 fully saturated rings. The van der Waals surface area contributed by atoms with Gasteiger partial charge < -0.3 is 4.74 Å². The van der Waals surface area contributed by atoms with Crippen molar-refractivity contribution in [3.63, 3.8) is 0 Å². The highest BCUT2D eigenvalue weighted by Crippen LogP contribution is 2.23. The van der Waals surface area contributed by atoms with Crippen molar-refractivity contribution in [2.24, 2.45) is 0 Å². The number of aromatic nitrogens is 1. The van der Waals surface area contributed by atoms with Gasteiger partial charge in [0.2, 0.25) is 0 Å². The predicted octanol–water partition coefficient (Wildman–Crippen LogP) is 1.67. The first-order valence-corrected chi connectivity index (χ1v) is 5.86. The Morgan fingerprint density at radius 1 is 1.47 bits per heavy atom. The van der Waals surface area contributed by atoms with Gasteiger partial charge in [-0.1, -0.05) is 30.2 Å². The Morgan fingerprint density at radius 3 is 3.00 bits per heavy atom. The molecule has 1 unspecified atom stereocenters. The lowest BCUT2D eigenvalue weighted by molar-refractivity contribution is -0.143. The zero-order valence-electron chi connectivity index (χ0n) is 10.6. The van der Waals surface area contributed by atoms with Crippen molar-refractivity contribution in [3.05, 3.63) is 42.1 Å². The van der Waals surface area contributed by atoms with Gasteiger partial charge in [-0.05, 0) is 6.07 Å². The number of para-hydroxylation sites is 1. The van der Waals surface area contributed by atoms with Crippen molar-refractivity contribution < 1.29 is 9.53 Å². The van der Waals surface area contributed by atoms with E-state index in [1.807, 2.05) is 30.3 Å². The lowest BCUT2D eigenvalue weighted by Gasteiger charge is -2.16. The summed E-state index contributed by atoms with van der Waals surface area (Å²) in [6.07, 6.45) is 6.92. The predicted molar refractivity (Wildman–Crippen MR) is 73.3 cm³/mol. The van der Waals surface area contributed by atoms with Crippen molar-refractivity contribution in [1.82, 2.24) is 10.3 Å². The quantitative estimate of drug-likeness (QED) is 0.666. The van der Waals surface area contributed by atoms with E-state index in [0.717, 1.165) is 16.5 Å². The van der Waals surface area contributed by atoms with Crippen LogP contribution in [0, 0.1) is 12.3 Å². The van der Waals surface area contributed by atoms with E-state index in [0.29, 0.717) is 0 Å². The molecule has 0 bridgehead atoms. The van der Waals surface area contributed by atoms with Gasteiger partial charge in [-0.25, -0.2) is 4.79 Å². The number of nitrogens with zero attached hydrogens (tertiary/aromatic N) is 1. The number of rotatable bonds is 4. The maximum absolute atomic E-state index is 11.9. The zero-order chi connectivity index (χ0) is 13.7. The smallest absolute Gasteiger partial charge is 0.327 e. The third-order valence-corrected chi connectivity index (χ3v) is 2.82. The van der Waals surface area contributed by atoms with Crippen molar-refractivity contribution in [2.75, 3.05) is 13.7 Å². The van der Waals surface area contributed by atoms with Crippen molar-refractivity contribution in [3.8, 4) is 12.3 Å². The standard InChI is InChI=1S/C15H14N2O2/c1-3-9-16-14(15(18)19-2)12-8-4-6-11-7-5-10-17-13(11)12/h1,4-8,10,14,16H,9H2,2H3. The Hall–Kier alpha value is -2.38. The van der Waals surface area contributed by atoms with E-state index in [1.165, 1.54) is 7.11 Å². The molecule has 1 atom stereocenters. The largest absolute Gasteiger partial charge is 0.468 e. The molecule has 2 aromatic rings. The highest BCUT2D eigenvalue weighted by Gasteiger charge is 2.22. The van der Waals surface area contributed by atoms with Gasteiger partial charge in [-0.3, -0.25) is 10.3 Å². The summed E-state index contributed by atoms with van der Waals surface area (Å²) in [6.45, 7) is 0.281. The normalized spacial score (nSPS) is 11.8. The topological polar surface area (TPSA) is 51.2 Å². The number of carbonyl (C=O) groups is 1. The molecule has 2 rings (SSSR count). The molecule has 0 aliphatic rings. The van der Waals surface area contributed by atoms with E-state index in [9.17, 15) is 4.79 Å². The van der Waals surface area contributed by atoms with E-state index < -0.39 is 6.04 Å². The van der Waals surface area contributed by atoms with Crippen molar-refractivity contribution >= 4 is 16.9 Å². The molecule has 4 nitrogen and oxygen atoms in total. The number of methoxy groups -OCH3 is 1. The fraction of sp³-hybridized carbons (Fsp3) is 0.200. The van der Waals surface area contributed by atoms with Crippen LogP contribution in [0.3, 0.4) is 0 Å². The molecule has 1 heterocycles. The Bertz CT molecular complexity index is 626. The Balaban J connectivity index is 2.49. The third kappa shape index (κ3) is 2.72. The highest BCUT2D eigenvalue weighted by molar-refractivity contribution is 5.88. The molecule has 1 aromatic carbocycles. The highest BCUT2D eigenvalue weighted by atomic mass is 16.5. The zero-order valence-corrected chi connectivity index (χ0v) is 10.6. The van der Waals surface area contributed by atoms with Gasteiger partial charge in [0.05, 0.1) is 19.2 Å². The molecule has 0 radical (unpaired) electrons. The van der Waals surface area contributed by atoms with E-state index in [-0.39, 0.29) is 12.5 Å². The van der Waals surface area contributed by atoms with Crippen LogP contribution in [0.1, 0.15) is 11.6 Å². The van der Waals surface area contributed by atoms with Gasteiger partial charge in [0.25, 0.3) is 0 Å². The number of nitrogens with one attached hydrogen (secondary N) is 1. The summed E-state index contributed by atoms with van der Waals surface area (Å²) < 4.78 is 4.81. The Kier molecular flexibility index (Phi) is 4.11. The summed E-state index contributed by atoms with van der Waals surface area (Å²) in [4.78, 5) is 16.2. The molecule has 1 N–H and O–H groups in total. The molecular weight excluding hydrogens is 240 g/mol. The van der Waals surface area contributed by atoms with Crippen LogP contribution in [0.15, 0.2) is 36.5 Å². The fourth-order valence-electron chi connectivity index (χ4n) is 1.96. The number of hydrogen-bond acceptors (Lipinski definition) is 4. The average molecular weight is 254 g/mol. The van der Waals surface area contributed by atoms with Crippen molar-refractivity contribution in [2.45, 2.75) is 6.04 Å². The maximum atomic E-state index is 11.9. The van der Waals surface area contributed by atoms with Gasteiger partial charge >= 0.3 is 5.97 Å². The molecule has 0 spiro atoms. The average Bonchev–Trinajstić information content (AvgIpc) is 2.47. The van der Waals surface area contributed by atoms with Crippen LogP contribution in [0.25, 0.3) is 10.9 Å². The molecule has 0 amide bonds. The first-order chi connectivity index (χ1) is 9.27. The summed E-state index contributed by atoms with van der Waals surface area (Å²) in [5.74, 6) is 2.07. The minimum atomic E-state index is -0.611. The van der Waals surface area contributed by atoms with Gasteiger partial charge in [0.1, 0.15) is 6.04 Å². The Morgan fingerprint density at radius 2 is 2.26 bits per heavy atom. The summed E-state index contributed by atoms with van der Waals surface area (Å²) in [6, 6.07) is 8.86. The molecule has 0 saturated heterocycles. The SMILES string of the molecule is C#CCNC(C(=O)OC)c1cccc2cccnc12. The first-order valence-electron chi connectivity index (χ1n) is 5.86. The van der Waals surface area contributed by atoms with Crippen LogP contribution in [0.2, 0.25) is 0 Å². The summed E-state index contributed by atoms with van der Waals surface area (Å²) in [7, 11) is 1.35. The summed E-state index contributed by atoms with van der Waals surface area (Å²) in [5, 5.41) is 3.95. The van der Waals surface area contributed by atoms with E-state index in [2.05, 4.69) is 16.2 Å². The minimum Gasteiger partial charge on any atom is -0.468 e. The summed E-state index contributed by atoms with van der Waals surface area (Å²) >= 11 is 0. The maximum Gasteiger partial charge on any atom is 0.327 e. The van der Waals surface area contributed by atoms with E-state index in [4.69, 9.17) is 11.2 Å². The molecule has 0 saturated carbocycles. The van der Waals surface area contributed by atoms with Gasteiger partial charge in [0.15, 0.2) is 0 Å². The number of esters is 1. The molecular formula is C15H14N2O2. The van der Waals surface area contributed by atoms with Gasteiger partial charge in [-0.15, -0.1) is 6.42 Å². The fourth-order valence-corrected chi connectivity index (χ4v) is 1.96. The van der Waals surface area contributed by atoms with Crippen LogP contribution >= 0.6 is 0 Å². The van der Waals surface area contributed by atoms with E-state index >= 15 is 0 Å². The minimum absolute atomic E-state index is 0.281. The van der Waals surface area contributed by atoms with Crippen molar-refractivity contribution in [1.29, 1.82) is 0 Å². The first kappa shape index (κ1) is 13.1. The van der Waals surface area contributed by atoms with Crippen LogP contribution < -0.4 is 5.32 Å². The second kappa shape index (κ2) is 5.98.